The Hall–Kier alpha value is -2.07. The van der Waals surface area contributed by atoms with E-state index < -0.39 is 51.3 Å². The fourth-order valence-electron chi connectivity index (χ4n) is 4.48. The maximum atomic E-state index is 12.3. The molecular weight excluding hydrogens is 623 g/mol. The van der Waals surface area contributed by atoms with Crippen LogP contribution in [0, 0.1) is 5.92 Å². The number of hydrogen-bond acceptors (Lipinski definition) is 8. The van der Waals surface area contributed by atoms with Crippen LogP contribution in [0.2, 0.25) is 0 Å². The topological polar surface area (TPSA) is 160 Å². The first-order valence-corrected chi connectivity index (χ1v) is 19.1. The first-order valence-electron chi connectivity index (χ1n) is 17.5. The Labute approximate surface area is 283 Å². The molecule has 0 saturated carbocycles. The molecule has 10 nitrogen and oxygen atoms in total. The highest BCUT2D eigenvalue weighted by Crippen LogP contribution is 2.36. The summed E-state index contributed by atoms with van der Waals surface area (Å²) in [6, 6.07) is 0. The molecule has 47 heavy (non-hydrogen) atoms. The van der Waals surface area contributed by atoms with Crippen molar-refractivity contribution >= 4 is 19.8 Å². The number of hydrogen-bond donors (Lipinski definition) is 4. The molecule has 0 aliphatic carbocycles. The molecule has 4 N–H and O–H groups in total. The van der Waals surface area contributed by atoms with Gasteiger partial charge in [0.05, 0.1) is 18.8 Å². The van der Waals surface area contributed by atoms with Gasteiger partial charge >= 0.3 is 19.8 Å². The number of phosphoric ester groups is 1. The number of allylic oxidation sites excluding steroid dienone is 5. The van der Waals surface area contributed by atoms with E-state index in [1.54, 1.807) is 36.5 Å². The zero-order valence-electron chi connectivity index (χ0n) is 29.0. The summed E-state index contributed by atoms with van der Waals surface area (Å²) in [6.07, 6.45) is 26.3. The third kappa shape index (κ3) is 32.3. The van der Waals surface area contributed by atoms with Gasteiger partial charge in [0, 0.05) is 12.8 Å². The highest BCUT2D eigenvalue weighted by molar-refractivity contribution is 7.46. The SMILES string of the molecule is CCCCC/C=C\C[C@@H](O)/C=C/C=C/C=C\[C@@H](O)CCCC(=O)OC[C@H](COP(=O)(O)O)OC(=O)CCCCCCCCC(C)CC. The van der Waals surface area contributed by atoms with E-state index in [4.69, 9.17) is 19.3 Å². The van der Waals surface area contributed by atoms with Gasteiger partial charge in [0.2, 0.25) is 0 Å². The third-order valence-corrected chi connectivity index (χ3v) is 8.07. The van der Waals surface area contributed by atoms with Crippen molar-refractivity contribution in [2.24, 2.45) is 5.92 Å². The lowest BCUT2D eigenvalue weighted by Gasteiger charge is -2.18. The Morgan fingerprint density at radius 3 is 2.02 bits per heavy atom. The van der Waals surface area contributed by atoms with Crippen LogP contribution in [0.1, 0.15) is 130 Å². The number of aliphatic hydroxyl groups excluding tert-OH is 2. The molecule has 0 saturated heterocycles. The van der Waals surface area contributed by atoms with Crippen LogP contribution in [-0.2, 0) is 28.2 Å². The summed E-state index contributed by atoms with van der Waals surface area (Å²) in [7, 11) is -4.80. The minimum Gasteiger partial charge on any atom is -0.462 e. The van der Waals surface area contributed by atoms with E-state index in [2.05, 4.69) is 31.4 Å². The molecule has 0 rings (SSSR count). The van der Waals surface area contributed by atoms with Crippen molar-refractivity contribution in [3.8, 4) is 0 Å². The monoisotopic (exact) mass is 686 g/mol. The van der Waals surface area contributed by atoms with E-state index in [-0.39, 0.29) is 12.8 Å². The van der Waals surface area contributed by atoms with E-state index in [0.29, 0.717) is 25.7 Å². The Balaban J connectivity index is 4.32. The summed E-state index contributed by atoms with van der Waals surface area (Å²) in [5.74, 6) is -0.377. The normalized spacial score (nSPS) is 15.1. The molecule has 0 aromatic heterocycles. The molecule has 0 aromatic rings. The number of carbonyl (C=O) groups excluding carboxylic acids is 2. The van der Waals surface area contributed by atoms with E-state index in [9.17, 15) is 24.4 Å². The highest BCUT2D eigenvalue weighted by atomic mass is 31.2. The van der Waals surface area contributed by atoms with E-state index >= 15 is 0 Å². The molecule has 0 radical (unpaired) electrons. The molecule has 1 unspecified atom stereocenters. The number of esters is 2. The number of aliphatic hydroxyl groups is 2. The lowest BCUT2D eigenvalue weighted by molar-refractivity contribution is -0.161. The van der Waals surface area contributed by atoms with Crippen molar-refractivity contribution in [2.75, 3.05) is 13.2 Å². The van der Waals surface area contributed by atoms with E-state index in [1.807, 2.05) is 6.08 Å². The second-order valence-corrected chi connectivity index (χ2v) is 13.4. The smallest absolute Gasteiger partial charge is 0.462 e. The van der Waals surface area contributed by atoms with Gasteiger partial charge in [0.1, 0.15) is 6.61 Å². The van der Waals surface area contributed by atoms with Gasteiger partial charge in [-0.1, -0.05) is 127 Å². The van der Waals surface area contributed by atoms with Gasteiger partial charge < -0.3 is 29.5 Å². The quantitative estimate of drug-likeness (QED) is 0.0193. The predicted molar refractivity (Wildman–Crippen MR) is 186 cm³/mol. The standard InChI is InChI=1S/C36H63O10P/c1-4-6-7-8-12-17-23-32(37)24-18-14-15-19-25-33(38)26-21-28-35(39)44-29-34(30-45-47(41,42)43)46-36(40)27-20-13-10-9-11-16-22-31(3)5-2/h12,14-15,17-19,24-25,31-34,37-38H,4-11,13,16,20-23,26-30H2,1-3H3,(H2,41,42,43)/b15-14+,17-12-,24-18+,25-19-/t31?,32-,33-,34-/m1/s1. The Morgan fingerprint density at radius 1 is 0.723 bits per heavy atom. The number of unbranched alkanes of at least 4 members (excludes halogenated alkanes) is 8. The molecule has 11 heteroatoms. The van der Waals surface area contributed by atoms with Crippen molar-refractivity contribution in [3.63, 3.8) is 0 Å². The molecule has 0 aromatic carbocycles. The molecule has 0 aliphatic rings. The highest BCUT2D eigenvalue weighted by Gasteiger charge is 2.23. The lowest BCUT2D eigenvalue weighted by Crippen LogP contribution is -2.29. The summed E-state index contributed by atoms with van der Waals surface area (Å²) in [6.45, 7) is 5.63. The van der Waals surface area contributed by atoms with Gasteiger partial charge in [-0.3, -0.25) is 14.1 Å². The lowest BCUT2D eigenvalue weighted by atomic mass is 10.00. The Bertz CT molecular complexity index is 955. The minimum absolute atomic E-state index is 0.00574. The van der Waals surface area contributed by atoms with Crippen LogP contribution in [0.3, 0.4) is 0 Å². The zero-order valence-corrected chi connectivity index (χ0v) is 29.9. The van der Waals surface area contributed by atoms with Crippen LogP contribution in [0.25, 0.3) is 0 Å². The third-order valence-electron chi connectivity index (χ3n) is 7.58. The molecule has 0 heterocycles. The average Bonchev–Trinajstić information content (AvgIpc) is 3.02. The van der Waals surface area contributed by atoms with E-state index in [0.717, 1.165) is 31.6 Å². The van der Waals surface area contributed by atoms with Gasteiger partial charge in [0.15, 0.2) is 6.10 Å². The van der Waals surface area contributed by atoms with Gasteiger partial charge in [-0.05, 0) is 44.4 Å². The number of rotatable bonds is 30. The summed E-state index contributed by atoms with van der Waals surface area (Å²) in [5.41, 5.74) is 0. The summed E-state index contributed by atoms with van der Waals surface area (Å²) in [4.78, 5) is 42.5. The first-order chi connectivity index (χ1) is 22.5. The fourth-order valence-corrected chi connectivity index (χ4v) is 4.84. The van der Waals surface area contributed by atoms with Gasteiger partial charge in [-0.2, -0.15) is 0 Å². The molecule has 272 valence electrons. The van der Waals surface area contributed by atoms with Crippen molar-refractivity contribution in [3.05, 3.63) is 48.6 Å². The second kappa shape index (κ2) is 30.0. The van der Waals surface area contributed by atoms with Crippen molar-refractivity contribution < 1.29 is 48.2 Å². The average molecular weight is 687 g/mol. The first kappa shape index (κ1) is 44.9. The number of phosphoric acid groups is 1. The van der Waals surface area contributed by atoms with Crippen LogP contribution in [0.15, 0.2) is 48.6 Å². The molecule has 0 bridgehead atoms. The fraction of sp³-hybridized carbons (Fsp3) is 0.722. The Kier molecular flexibility index (Phi) is 28.7. The molecule has 0 aliphatic heterocycles. The number of carbonyl (C=O) groups is 2. The molecule has 4 atom stereocenters. The zero-order chi connectivity index (χ0) is 35.2. The molecular formula is C36H63O10P. The van der Waals surface area contributed by atoms with Gasteiger partial charge in [0.25, 0.3) is 0 Å². The van der Waals surface area contributed by atoms with Crippen LogP contribution in [0.4, 0.5) is 0 Å². The summed E-state index contributed by atoms with van der Waals surface area (Å²) < 4.78 is 26.1. The maximum Gasteiger partial charge on any atom is 0.469 e. The van der Waals surface area contributed by atoms with Crippen LogP contribution in [0.5, 0.6) is 0 Å². The molecule has 0 spiro atoms. The van der Waals surface area contributed by atoms with Crippen LogP contribution in [-0.4, -0.2) is 63.5 Å². The van der Waals surface area contributed by atoms with E-state index in [1.165, 1.54) is 44.9 Å². The van der Waals surface area contributed by atoms with Crippen molar-refractivity contribution in [1.29, 1.82) is 0 Å². The van der Waals surface area contributed by atoms with Crippen LogP contribution >= 0.6 is 7.82 Å². The summed E-state index contributed by atoms with van der Waals surface area (Å²) >= 11 is 0. The van der Waals surface area contributed by atoms with Crippen LogP contribution < -0.4 is 0 Å². The molecule has 0 amide bonds. The van der Waals surface area contributed by atoms with Crippen molar-refractivity contribution in [1.82, 2.24) is 0 Å². The minimum atomic E-state index is -4.80. The number of ether oxygens (including phenoxy) is 2. The second-order valence-electron chi connectivity index (χ2n) is 12.1. The largest absolute Gasteiger partial charge is 0.469 e. The van der Waals surface area contributed by atoms with Crippen molar-refractivity contribution in [2.45, 2.75) is 148 Å². The van der Waals surface area contributed by atoms with Gasteiger partial charge in [-0.15, -0.1) is 0 Å². The molecule has 0 fully saturated rings. The predicted octanol–water partition coefficient (Wildman–Crippen LogP) is 7.80. The Morgan fingerprint density at radius 2 is 1.36 bits per heavy atom. The summed E-state index contributed by atoms with van der Waals surface area (Å²) in [5, 5.41) is 20.1. The maximum absolute atomic E-state index is 12.3. The van der Waals surface area contributed by atoms with Gasteiger partial charge in [-0.25, -0.2) is 4.57 Å².